The Labute approximate surface area is 112 Å². The lowest BCUT2D eigenvalue weighted by atomic mass is 10.4. The van der Waals surface area contributed by atoms with Gasteiger partial charge in [-0.05, 0) is 6.42 Å². The number of hydrogen-bond donors (Lipinski definition) is 1. The molecule has 0 aliphatic heterocycles. The molecule has 0 aromatic carbocycles. The van der Waals surface area contributed by atoms with Crippen LogP contribution in [0.5, 0.6) is 0 Å². The number of hydrogen-bond acceptors (Lipinski definition) is 3. The summed E-state index contributed by atoms with van der Waals surface area (Å²) in [6, 6.07) is 0. The van der Waals surface area contributed by atoms with E-state index in [1.165, 1.54) is 4.88 Å². The highest BCUT2D eigenvalue weighted by molar-refractivity contribution is 14.0. The summed E-state index contributed by atoms with van der Waals surface area (Å²) in [7, 11) is 3.75. The largest absolute Gasteiger partial charge is 0.370 e. The number of nitrogens with zero attached hydrogens (tertiary/aromatic N) is 3. The topological polar surface area (TPSA) is 54.5 Å². The predicted molar refractivity (Wildman–Crippen MR) is 75.9 cm³/mol. The fraction of sp³-hybridized carbons (Fsp3) is 0.556. The number of thiazole rings is 1. The van der Waals surface area contributed by atoms with Crippen LogP contribution in [0.25, 0.3) is 0 Å². The summed E-state index contributed by atoms with van der Waals surface area (Å²) in [6.07, 6.45) is 2.94. The Morgan fingerprint density at radius 3 is 2.73 bits per heavy atom. The van der Waals surface area contributed by atoms with E-state index in [0.29, 0.717) is 12.5 Å². The zero-order chi connectivity index (χ0) is 10.6. The third-order valence-corrected chi connectivity index (χ3v) is 2.91. The minimum atomic E-state index is 0. The highest BCUT2D eigenvalue weighted by atomic mass is 127. The molecule has 0 saturated heterocycles. The van der Waals surface area contributed by atoms with E-state index in [0.717, 1.165) is 11.4 Å². The van der Waals surface area contributed by atoms with Crippen molar-refractivity contribution >= 4 is 41.3 Å². The molecule has 0 aliphatic rings. The van der Waals surface area contributed by atoms with E-state index in [1.807, 2.05) is 20.3 Å². The van der Waals surface area contributed by atoms with E-state index in [9.17, 15) is 0 Å². The molecule has 1 aromatic rings. The van der Waals surface area contributed by atoms with Gasteiger partial charge in [-0.1, -0.05) is 6.92 Å². The van der Waals surface area contributed by atoms with Crippen LogP contribution < -0.4 is 5.73 Å². The van der Waals surface area contributed by atoms with Crippen molar-refractivity contribution in [1.82, 2.24) is 9.88 Å². The second kappa shape index (κ2) is 7.00. The van der Waals surface area contributed by atoms with Crippen LogP contribution in [0.4, 0.5) is 0 Å². The summed E-state index contributed by atoms with van der Waals surface area (Å²) in [4.78, 5) is 11.5. The lowest BCUT2D eigenvalue weighted by molar-refractivity contribution is 0.609. The van der Waals surface area contributed by atoms with Gasteiger partial charge in [-0.25, -0.2) is 9.98 Å². The molecule has 0 atom stereocenters. The Bertz CT molecular complexity index is 322. The highest BCUT2D eigenvalue weighted by Crippen LogP contribution is 2.13. The molecule has 0 bridgehead atoms. The number of rotatable bonds is 3. The van der Waals surface area contributed by atoms with Crippen LogP contribution in [-0.4, -0.2) is 29.9 Å². The smallest absolute Gasteiger partial charge is 0.191 e. The molecule has 0 aliphatic carbocycles. The molecular formula is C9H17IN4S. The minimum absolute atomic E-state index is 0. The Kier molecular flexibility index (Phi) is 6.82. The Morgan fingerprint density at radius 1 is 1.60 bits per heavy atom. The Morgan fingerprint density at radius 2 is 2.27 bits per heavy atom. The van der Waals surface area contributed by atoms with Gasteiger partial charge in [-0.15, -0.1) is 35.3 Å². The highest BCUT2D eigenvalue weighted by Gasteiger charge is 2.00. The van der Waals surface area contributed by atoms with Crippen LogP contribution in [0.2, 0.25) is 0 Å². The van der Waals surface area contributed by atoms with Gasteiger partial charge in [-0.3, -0.25) is 0 Å². The van der Waals surface area contributed by atoms with Crippen molar-refractivity contribution in [3.05, 3.63) is 16.1 Å². The van der Waals surface area contributed by atoms with Crippen molar-refractivity contribution in [2.75, 3.05) is 14.1 Å². The van der Waals surface area contributed by atoms with Crippen molar-refractivity contribution in [3.63, 3.8) is 0 Å². The second-order valence-electron chi connectivity index (χ2n) is 3.14. The van der Waals surface area contributed by atoms with Gasteiger partial charge in [0.1, 0.15) is 5.01 Å². The van der Waals surface area contributed by atoms with Crippen molar-refractivity contribution < 1.29 is 0 Å². The molecule has 0 radical (unpaired) electrons. The molecule has 1 rings (SSSR count). The summed E-state index contributed by atoms with van der Waals surface area (Å²) >= 11 is 1.69. The maximum Gasteiger partial charge on any atom is 0.191 e. The molecule has 0 amide bonds. The maximum absolute atomic E-state index is 5.66. The van der Waals surface area contributed by atoms with E-state index < -0.39 is 0 Å². The van der Waals surface area contributed by atoms with E-state index in [1.54, 1.807) is 16.2 Å². The molecule has 0 unspecified atom stereocenters. The first-order valence-corrected chi connectivity index (χ1v) is 5.36. The third kappa shape index (κ3) is 4.78. The zero-order valence-electron chi connectivity index (χ0n) is 9.23. The number of guanidine groups is 1. The van der Waals surface area contributed by atoms with Gasteiger partial charge >= 0.3 is 0 Å². The molecule has 6 heteroatoms. The van der Waals surface area contributed by atoms with Crippen LogP contribution >= 0.6 is 35.3 Å². The van der Waals surface area contributed by atoms with Gasteiger partial charge in [-0.2, -0.15) is 0 Å². The summed E-state index contributed by atoms with van der Waals surface area (Å²) in [5.41, 5.74) is 5.66. The van der Waals surface area contributed by atoms with Crippen molar-refractivity contribution in [2.45, 2.75) is 19.9 Å². The SMILES string of the molecule is CCc1cnc(CN=C(N)N(C)C)s1.I. The standard InChI is InChI=1S/C9H16N4S.HI/c1-4-7-5-11-8(14-7)6-12-9(10)13(2)3;/h5H,4,6H2,1-3H3,(H2,10,12);1H. The van der Waals surface area contributed by atoms with Gasteiger partial charge in [0.2, 0.25) is 0 Å². The lowest BCUT2D eigenvalue weighted by Gasteiger charge is -2.09. The molecule has 0 spiro atoms. The van der Waals surface area contributed by atoms with Gasteiger partial charge in [0.05, 0.1) is 6.54 Å². The van der Waals surface area contributed by atoms with Crippen LogP contribution in [0.15, 0.2) is 11.2 Å². The van der Waals surface area contributed by atoms with Crippen molar-refractivity contribution in [2.24, 2.45) is 10.7 Å². The molecule has 86 valence electrons. The van der Waals surface area contributed by atoms with Gasteiger partial charge in [0.25, 0.3) is 0 Å². The van der Waals surface area contributed by atoms with Gasteiger partial charge in [0.15, 0.2) is 5.96 Å². The first-order valence-electron chi connectivity index (χ1n) is 4.54. The fourth-order valence-corrected chi connectivity index (χ4v) is 1.66. The van der Waals surface area contributed by atoms with Gasteiger partial charge < -0.3 is 10.6 Å². The third-order valence-electron chi connectivity index (χ3n) is 1.78. The van der Waals surface area contributed by atoms with Crippen LogP contribution in [0.1, 0.15) is 16.8 Å². The average Bonchev–Trinajstić information content (AvgIpc) is 2.61. The number of halogens is 1. The maximum atomic E-state index is 5.66. The summed E-state index contributed by atoms with van der Waals surface area (Å²) in [6.45, 7) is 2.70. The number of aryl methyl sites for hydroxylation is 1. The number of aliphatic imine (C=N–C) groups is 1. The number of nitrogens with two attached hydrogens (primary N) is 1. The summed E-state index contributed by atoms with van der Waals surface area (Å²) in [5, 5.41) is 1.02. The summed E-state index contributed by atoms with van der Waals surface area (Å²) < 4.78 is 0. The zero-order valence-corrected chi connectivity index (χ0v) is 12.4. The molecule has 2 N–H and O–H groups in total. The Hall–Kier alpha value is -0.370. The predicted octanol–water partition coefficient (Wildman–Crippen LogP) is 1.70. The van der Waals surface area contributed by atoms with Crippen LogP contribution in [0.3, 0.4) is 0 Å². The first kappa shape index (κ1) is 14.6. The van der Waals surface area contributed by atoms with E-state index >= 15 is 0 Å². The average molecular weight is 340 g/mol. The molecular weight excluding hydrogens is 323 g/mol. The van der Waals surface area contributed by atoms with Crippen molar-refractivity contribution in [3.8, 4) is 0 Å². The molecule has 4 nitrogen and oxygen atoms in total. The molecule has 0 fully saturated rings. The Balaban J connectivity index is 0.00000196. The molecule has 0 saturated carbocycles. The molecule has 1 heterocycles. The second-order valence-corrected chi connectivity index (χ2v) is 4.34. The van der Waals surface area contributed by atoms with Crippen molar-refractivity contribution in [1.29, 1.82) is 0 Å². The normalized spacial score (nSPS) is 11.0. The number of aromatic nitrogens is 1. The van der Waals surface area contributed by atoms with Crippen LogP contribution in [0, 0.1) is 0 Å². The molecule has 15 heavy (non-hydrogen) atoms. The first-order chi connectivity index (χ1) is 6.63. The van der Waals surface area contributed by atoms with E-state index in [-0.39, 0.29) is 24.0 Å². The molecule has 1 aromatic heterocycles. The van der Waals surface area contributed by atoms with Gasteiger partial charge in [0, 0.05) is 25.2 Å². The lowest BCUT2D eigenvalue weighted by Crippen LogP contribution is -2.30. The summed E-state index contributed by atoms with van der Waals surface area (Å²) in [5.74, 6) is 0.540. The minimum Gasteiger partial charge on any atom is -0.370 e. The van der Waals surface area contributed by atoms with Crippen LogP contribution in [-0.2, 0) is 13.0 Å². The van der Waals surface area contributed by atoms with E-state index in [2.05, 4.69) is 16.9 Å². The van der Waals surface area contributed by atoms with E-state index in [4.69, 9.17) is 5.73 Å². The quantitative estimate of drug-likeness (QED) is 0.518. The monoisotopic (exact) mass is 340 g/mol. The fourth-order valence-electron chi connectivity index (χ4n) is 0.875.